The number of fused-ring (bicyclic) bond motifs is 1. The van der Waals surface area contributed by atoms with E-state index in [2.05, 4.69) is 4.98 Å². The Morgan fingerprint density at radius 3 is 2.71 bits per heavy atom. The van der Waals surface area contributed by atoms with Crippen molar-refractivity contribution in [1.29, 1.82) is 0 Å². The van der Waals surface area contributed by atoms with Crippen molar-refractivity contribution < 1.29 is 23.8 Å². The topological polar surface area (TPSA) is 101 Å². The summed E-state index contributed by atoms with van der Waals surface area (Å²) in [6, 6.07) is 10.5. The van der Waals surface area contributed by atoms with Crippen LogP contribution >= 0.6 is 24.0 Å². The molecule has 1 amide bonds. The van der Waals surface area contributed by atoms with Crippen molar-refractivity contribution >= 4 is 51.9 Å². The van der Waals surface area contributed by atoms with Crippen molar-refractivity contribution in [2.75, 3.05) is 6.54 Å². The molecule has 0 radical (unpaired) electrons. The van der Waals surface area contributed by atoms with Gasteiger partial charge < -0.3 is 9.84 Å². The molecular formula is C20H12FN3O5S2. The van der Waals surface area contributed by atoms with Gasteiger partial charge in [-0.15, -0.1) is 0 Å². The van der Waals surface area contributed by atoms with Gasteiger partial charge in [-0.2, -0.15) is 4.98 Å². The molecule has 1 aliphatic rings. The lowest BCUT2D eigenvalue weighted by Gasteiger charge is -2.11. The third-order valence-electron chi connectivity index (χ3n) is 4.22. The molecule has 156 valence electrons. The predicted molar refractivity (Wildman–Crippen MR) is 115 cm³/mol. The van der Waals surface area contributed by atoms with Gasteiger partial charge >= 0.3 is 5.97 Å². The lowest BCUT2D eigenvalue weighted by atomic mass is 10.2. The Labute approximate surface area is 183 Å². The number of pyridine rings is 1. The van der Waals surface area contributed by atoms with Gasteiger partial charge in [0, 0.05) is 6.20 Å². The summed E-state index contributed by atoms with van der Waals surface area (Å²) in [5.74, 6) is -2.90. The van der Waals surface area contributed by atoms with Crippen LogP contribution in [0.3, 0.4) is 0 Å². The first-order valence-corrected chi connectivity index (χ1v) is 9.98. The molecule has 0 aliphatic carbocycles. The van der Waals surface area contributed by atoms with Crippen molar-refractivity contribution in [3.05, 3.63) is 75.3 Å². The molecule has 2 aromatic heterocycles. The summed E-state index contributed by atoms with van der Waals surface area (Å²) in [7, 11) is 0. The second kappa shape index (κ2) is 8.28. The second-order valence-corrected chi connectivity index (χ2v) is 7.93. The minimum atomic E-state index is -1.23. The highest BCUT2D eigenvalue weighted by atomic mass is 32.2. The van der Waals surface area contributed by atoms with Crippen LogP contribution in [0.2, 0.25) is 0 Å². The molecule has 4 rings (SSSR count). The Bertz CT molecular complexity index is 1340. The van der Waals surface area contributed by atoms with Crippen LogP contribution < -0.4 is 10.3 Å². The summed E-state index contributed by atoms with van der Waals surface area (Å²) in [6.45, 7) is -0.602. The fourth-order valence-corrected chi connectivity index (χ4v) is 4.05. The van der Waals surface area contributed by atoms with E-state index < -0.39 is 29.8 Å². The van der Waals surface area contributed by atoms with Gasteiger partial charge in [-0.3, -0.25) is 23.7 Å². The average Bonchev–Trinajstić information content (AvgIpc) is 2.99. The average molecular weight is 457 g/mol. The molecule has 0 saturated carbocycles. The molecule has 31 heavy (non-hydrogen) atoms. The maximum atomic E-state index is 14.1. The van der Waals surface area contributed by atoms with Gasteiger partial charge in [0.15, 0.2) is 11.6 Å². The van der Waals surface area contributed by atoms with E-state index in [1.165, 1.54) is 34.9 Å². The van der Waals surface area contributed by atoms with Crippen molar-refractivity contribution in [3.63, 3.8) is 0 Å². The first kappa shape index (κ1) is 20.7. The van der Waals surface area contributed by atoms with E-state index in [0.29, 0.717) is 0 Å². The number of nitrogens with zero attached hydrogens (tertiary/aromatic N) is 3. The monoisotopic (exact) mass is 457 g/mol. The second-order valence-electron chi connectivity index (χ2n) is 6.26. The Kier molecular flexibility index (Phi) is 5.53. The summed E-state index contributed by atoms with van der Waals surface area (Å²) in [5.41, 5.74) is -0.405. The first-order chi connectivity index (χ1) is 14.8. The molecular weight excluding hydrogens is 445 g/mol. The third kappa shape index (κ3) is 4.05. The largest absolute Gasteiger partial charge is 0.480 e. The van der Waals surface area contributed by atoms with Crippen LogP contribution in [0.25, 0.3) is 11.7 Å². The number of amides is 1. The Morgan fingerprint density at radius 2 is 1.97 bits per heavy atom. The van der Waals surface area contributed by atoms with Crippen LogP contribution in [0.1, 0.15) is 5.56 Å². The third-order valence-corrected chi connectivity index (χ3v) is 5.60. The first-order valence-electron chi connectivity index (χ1n) is 8.76. The van der Waals surface area contributed by atoms with Crippen molar-refractivity contribution in [1.82, 2.24) is 14.3 Å². The van der Waals surface area contributed by atoms with E-state index in [4.69, 9.17) is 22.1 Å². The zero-order valence-corrected chi connectivity index (χ0v) is 17.2. The van der Waals surface area contributed by atoms with Gasteiger partial charge in [-0.1, -0.05) is 42.2 Å². The van der Waals surface area contributed by atoms with Crippen LogP contribution in [-0.4, -0.2) is 42.1 Å². The van der Waals surface area contributed by atoms with Gasteiger partial charge in [-0.05, 0) is 30.3 Å². The van der Waals surface area contributed by atoms with E-state index in [1.54, 1.807) is 24.3 Å². The normalized spacial score (nSPS) is 15.1. The number of aliphatic carboxylic acids is 1. The minimum absolute atomic E-state index is 0.0272. The maximum Gasteiger partial charge on any atom is 0.323 e. The van der Waals surface area contributed by atoms with Crippen molar-refractivity contribution in [2.45, 2.75) is 0 Å². The fourth-order valence-electron chi connectivity index (χ4n) is 2.82. The van der Waals surface area contributed by atoms with Crippen LogP contribution in [0, 0.1) is 5.82 Å². The van der Waals surface area contributed by atoms with Gasteiger partial charge in [0.2, 0.25) is 5.88 Å². The number of hydrogen-bond acceptors (Lipinski definition) is 7. The van der Waals surface area contributed by atoms with E-state index in [-0.39, 0.29) is 32.1 Å². The van der Waals surface area contributed by atoms with Crippen molar-refractivity contribution in [3.8, 4) is 11.6 Å². The standard InChI is InChI=1S/C20H12FN3O5S2/c21-12-5-1-2-6-13(12)29-17-11(18(27)23-8-4-3-7-15(23)22-17)9-14-19(28)24(10-16(25)26)20(30)31-14/h1-9H,10H2,(H,25,26)/b14-9-. The number of thiocarbonyl (C=S) groups is 1. The highest BCUT2D eigenvalue weighted by molar-refractivity contribution is 8.26. The molecule has 0 atom stereocenters. The summed E-state index contributed by atoms with van der Waals surface area (Å²) in [5, 5.41) is 8.98. The molecule has 0 bridgehead atoms. The van der Waals surface area contributed by atoms with E-state index in [9.17, 15) is 18.8 Å². The number of thioether (sulfide) groups is 1. The number of hydrogen-bond donors (Lipinski definition) is 1. The number of aromatic nitrogens is 2. The molecule has 1 aliphatic heterocycles. The Hall–Kier alpha value is -3.57. The number of para-hydroxylation sites is 1. The Morgan fingerprint density at radius 1 is 1.23 bits per heavy atom. The van der Waals surface area contributed by atoms with E-state index in [1.807, 2.05) is 0 Å². The molecule has 11 heteroatoms. The molecule has 1 N–H and O–H groups in total. The summed E-state index contributed by atoms with van der Waals surface area (Å²) < 4.78 is 21.0. The maximum absolute atomic E-state index is 14.1. The number of carbonyl (C=O) groups excluding carboxylic acids is 1. The molecule has 0 unspecified atom stereocenters. The zero-order valence-electron chi connectivity index (χ0n) is 15.5. The number of carboxylic acid groups (broad SMARTS) is 1. The highest BCUT2D eigenvalue weighted by Gasteiger charge is 2.34. The quantitative estimate of drug-likeness (QED) is 0.461. The number of carboxylic acids is 1. The Balaban J connectivity index is 1.86. The predicted octanol–water partition coefficient (Wildman–Crippen LogP) is 2.91. The van der Waals surface area contributed by atoms with Gasteiger partial charge in [0.25, 0.3) is 11.5 Å². The molecule has 3 heterocycles. The van der Waals surface area contributed by atoms with Gasteiger partial charge in [-0.25, -0.2) is 4.39 Å². The van der Waals surface area contributed by atoms with Crippen LogP contribution in [0.15, 0.2) is 58.4 Å². The molecule has 1 fully saturated rings. The van der Waals surface area contributed by atoms with Crippen LogP contribution in [0.4, 0.5) is 4.39 Å². The number of rotatable bonds is 5. The van der Waals surface area contributed by atoms with Gasteiger partial charge in [0.05, 0.1) is 4.91 Å². The lowest BCUT2D eigenvalue weighted by Crippen LogP contribution is -2.33. The molecule has 3 aromatic rings. The molecule has 0 spiro atoms. The minimum Gasteiger partial charge on any atom is -0.480 e. The van der Waals surface area contributed by atoms with Gasteiger partial charge in [0.1, 0.15) is 22.1 Å². The van der Waals surface area contributed by atoms with Crippen LogP contribution in [-0.2, 0) is 9.59 Å². The number of halogens is 1. The molecule has 8 nitrogen and oxygen atoms in total. The molecule has 1 saturated heterocycles. The number of benzene rings is 1. The summed E-state index contributed by atoms with van der Waals surface area (Å²) in [6.07, 6.45) is 2.72. The smallest absolute Gasteiger partial charge is 0.323 e. The lowest BCUT2D eigenvalue weighted by molar-refractivity contribution is -0.140. The number of carbonyl (C=O) groups is 2. The van der Waals surface area contributed by atoms with Crippen LogP contribution in [0.5, 0.6) is 11.6 Å². The highest BCUT2D eigenvalue weighted by Crippen LogP contribution is 2.34. The summed E-state index contributed by atoms with van der Waals surface area (Å²) in [4.78, 5) is 41.9. The SMILES string of the molecule is O=C(O)CN1C(=O)/C(=C/c2c(Oc3ccccc3F)nc3ccccn3c2=O)SC1=S. The van der Waals surface area contributed by atoms with E-state index in [0.717, 1.165) is 16.7 Å². The molecule has 1 aromatic carbocycles. The van der Waals surface area contributed by atoms with Crippen molar-refractivity contribution in [2.24, 2.45) is 0 Å². The number of ether oxygens (including phenoxy) is 1. The van der Waals surface area contributed by atoms with E-state index >= 15 is 0 Å². The zero-order chi connectivity index (χ0) is 22.1. The summed E-state index contributed by atoms with van der Waals surface area (Å²) >= 11 is 5.93. The fraction of sp³-hybridized carbons (Fsp3) is 0.0500.